The lowest BCUT2D eigenvalue weighted by Crippen LogP contribution is -2.22. The quantitative estimate of drug-likeness (QED) is 0.495. The van der Waals surface area contributed by atoms with E-state index in [4.69, 9.17) is 4.74 Å². The van der Waals surface area contributed by atoms with Crippen molar-refractivity contribution in [2.75, 3.05) is 6.61 Å². The van der Waals surface area contributed by atoms with Crippen molar-refractivity contribution in [1.29, 1.82) is 0 Å². The number of hydrogen-bond donors (Lipinski definition) is 0. The second-order valence-electron chi connectivity index (χ2n) is 3.80. The van der Waals surface area contributed by atoms with Crippen molar-refractivity contribution in [3.8, 4) is 0 Å². The minimum absolute atomic E-state index is 0.169. The van der Waals surface area contributed by atoms with E-state index in [0.29, 0.717) is 6.61 Å². The van der Waals surface area contributed by atoms with Gasteiger partial charge >= 0.3 is 5.97 Å². The van der Waals surface area contributed by atoms with Crippen LogP contribution in [0, 0.1) is 5.41 Å². The van der Waals surface area contributed by atoms with Crippen LogP contribution in [-0.4, -0.2) is 12.6 Å². The summed E-state index contributed by atoms with van der Waals surface area (Å²) in [6.45, 7) is 7.80. The predicted octanol–water partition coefficient (Wildman–Crippen LogP) is 2.71. The first-order valence-corrected chi connectivity index (χ1v) is 4.43. The first-order valence-electron chi connectivity index (χ1n) is 4.43. The lowest BCUT2D eigenvalue weighted by Gasteiger charge is -2.15. The minimum Gasteiger partial charge on any atom is -0.461 e. The van der Waals surface area contributed by atoms with Gasteiger partial charge in [0, 0.05) is 0 Å². The fourth-order valence-corrected chi connectivity index (χ4v) is 0.586. The maximum absolute atomic E-state index is 11.2. The Morgan fingerprint density at radius 1 is 1.31 bits per heavy atom. The summed E-state index contributed by atoms with van der Waals surface area (Å²) in [7, 11) is 0. The van der Waals surface area contributed by atoms with Crippen LogP contribution in [0.5, 0.6) is 0 Å². The summed E-state index contributed by atoms with van der Waals surface area (Å²) in [4.78, 5) is 11.2. The lowest BCUT2D eigenvalue weighted by molar-refractivity contribution is -0.151. The topological polar surface area (TPSA) is 26.3 Å². The Morgan fingerprint density at radius 3 is 2.38 bits per heavy atom. The Labute approximate surface area is 80.3 Å². The Hall–Kier alpha value is -1.05. The number of allylic oxidation sites excluding steroid dienone is 3. The number of ether oxygens (including phenoxy) is 1. The van der Waals surface area contributed by atoms with Crippen LogP contribution in [0.25, 0.3) is 0 Å². The molecular formula is C11H18O2. The van der Waals surface area contributed by atoms with Gasteiger partial charge in [-0.2, -0.15) is 0 Å². The largest absolute Gasteiger partial charge is 0.461 e. The van der Waals surface area contributed by atoms with Crippen LogP contribution < -0.4 is 0 Å². The molecule has 74 valence electrons. The Balaban J connectivity index is 3.72. The van der Waals surface area contributed by atoms with Crippen molar-refractivity contribution in [2.24, 2.45) is 5.41 Å². The monoisotopic (exact) mass is 182 g/mol. The molecule has 0 radical (unpaired) electrons. The van der Waals surface area contributed by atoms with Crippen LogP contribution in [0.15, 0.2) is 24.3 Å². The van der Waals surface area contributed by atoms with Gasteiger partial charge in [0.05, 0.1) is 5.41 Å². The van der Waals surface area contributed by atoms with Crippen molar-refractivity contribution in [1.82, 2.24) is 0 Å². The highest BCUT2D eigenvalue weighted by Crippen LogP contribution is 2.14. The molecule has 0 unspecified atom stereocenters. The van der Waals surface area contributed by atoms with Crippen molar-refractivity contribution in [3.63, 3.8) is 0 Å². The summed E-state index contributed by atoms with van der Waals surface area (Å²) in [6.07, 6.45) is 7.48. The molecule has 0 aliphatic rings. The van der Waals surface area contributed by atoms with E-state index in [1.54, 1.807) is 0 Å². The van der Waals surface area contributed by atoms with Gasteiger partial charge in [-0.25, -0.2) is 0 Å². The van der Waals surface area contributed by atoms with Gasteiger partial charge in [-0.05, 0) is 33.8 Å². The highest BCUT2D eigenvalue weighted by molar-refractivity contribution is 5.75. The molecule has 0 saturated heterocycles. The molecule has 2 nitrogen and oxygen atoms in total. The highest BCUT2D eigenvalue weighted by Gasteiger charge is 2.22. The molecule has 13 heavy (non-hydrogen) atoms. The molecule has 0 aromatic rings. The molecule has 2 heteroatoms. The molecule has 0 aromatic carbocycles. The van der Waals surface area contributed by atoms with Crippen molar-refractivity contribution in [2.45, 2.75) is 27.7 Å². The molecule has 0 saturated carbocycles. The number of carbonyl (C=O) groups is 1. The summed E-state index contributed by atoms with van der Waals surface area (Å²) < 4.78 is 4.99. The predicted molar refractivity (Wildman–Crippen MR) is 54.4 cm³/mol. The van der Waals surface area contributed by atoms with Gasteiger partial charge in [-0.1, -0.05) is 18.2 Å². The average molecular weight is 182 g/mol. The minimum atomic E-state index is -0.408. The second kappa shape index (κ2) is 5.57. The third-order valence-corrected chi connectivity index (χ3v) is 1.36. The number of esters is 1. The summed E-state index contributed by atoms with van der Waals surface area (Å²) in [5, 5.41) is 0. The third-order valence-electron chi connectivity index (χ3n) is 1.36. The van der Waals surface area contributed by atoms with Crippen LogP contribution >= 0.6 is 0 Å². The summed E-state index contributed by atoms with van der Waals surface area (Å²) in [5.41, 5.74) is -0.408. The Kier molecular flexibility index (Phi) is 5.12. The SMILES string of the molecule is C/C=C/C=C\COC(=O)C(C)(C)C. The molecule has 0 heterocycles. The molecule has 0 atom stereocenters. The molecule has 0 spiro atoms. The third kappa shape index (κ3) is 6.14. The normalized spacial score (nSPS) is 12.6. The molecule has 0 aliphatic heterocycles. The Bertz CT molecular complexity index is 207. The molecule has 0 amide bonds. The number of rotatable bonds is 3. The van der Waals surface area contributed by atoms with Crippen LogP contribution in [0.4, 0.5) is 0 Å². The van der Waals surface area contributed by atoms with Crippen LogP contribution in [-0.2, 0) is 9.53 Å². The van der Waals surface area contributed by atoms with Gasteiger partial charge in [0.1, 0.15) is 6.61 Å². The molecule has 0 aromatic heterocycles. The van der Waals surface area contributed by atoms with Crippen molar-refractivity contribution < 1.29 is 9.53 Å². The summed E-state index contributed by atoms with van der Waals surface area (Å²) in [5.74, 6) is -0.169. The molecular weight excluding hydrogens is 164 g/mol. The van der Waals surface area contributed by atoms with E-state index >= 15 is 0 Å². The van der Waals surface area contributed by atoms with E-state index in [1.165, 1.54) is 0 Å². The van der Waals surface area contributed by atoms with Crippen molar-refractivity contribution in [3.05, 3.63) is 24.3 Å². The van der Waals surface area contributed by atoms with E-state index in [9.17, 15) is 4.79 Å². The first-order chi connectivity index (χ1) is 5.98. The zero-order chi connectivity index (χ0) is 10.3. The zero-order valence-corrected chi connectivity index (χ0v) is 8.83. The van der Waals surface area contributed by atoms with Gasteiger partial charge in [0.2, 0.25) is 0 Å². The van der Waals surface area contributed by atoms with E-state index in [-0.39, 0.29) is 5.97 Å². The van der Waals surface area contributed by atoms with Crippen LogP contribution in [0.1, 0.15) is 27.7 Å². The first kappa shape index (κ1) is 11.9. The van der Waals surface area contributed by atoms with E-state index in [1.807, 2.05) is 52.0 Å². The molecule has 0 aliphatic carbocycles. The number of carbonyl (C=O) groups excluding carboxylic acids is 1. The fraction of sp³-hybridized carbons (Fsp3) is 0.545. The van der Waals surface area contributed by atoms with E-state index in [2.05, 4.69) is 0 Å². The Morgan fingerprint density at radius 2 is 1.92 bits per heavy atom. The molecule has 0 fully saturated rings. The fourth-order valence-electron chi connectivity index (χ4n) is 0.586. The van der Waals surface area contributed by atoms with Crippen molar-refractivity contribution >= 4 is 5.97 Å². The van der Waals surface area contributed by atoms with Gasteiger partial charge in [-0.3, -0.25) is 4.79 Å². The number of hydrogen-bond acceptors (Lipinski definition) is 2. The second-order valence-corrected chi connectivity index (χ2v) is 3.80. The molecule has 0 N–H and O–H groups in total. The molecule has 0 rings (SSSR count). The van der Waals surface area contributed by atoms with Crippen LogP contribution in [0.2, 0.25) is 0 Å². The smallest absolute Gasteiger partial charge is 0.311 e. The van der Waals surface area contributed by atoms with E-state index < -0.39 is 5.41 Å². The maximum atomic E-state index is 11.2. The summed E-state index contributed by atoms with van der Waals surface area (Å²) >= 11 is 0. The maximum Gasteiger partial charge on any atom is 0.311 e. The van der Waals surface area contributed by atoms with Gasteiger partial charge in [-0.15, -0.1) is 0 Å². The highest BCUT2D eigenvalue weighted by atomic mass is 16.5. The summed E-state index contributed by atoms with van der Waals surface area (Å²) in [6, 6.07) is 0. The van der Waals surface area contributed by atoms with Gasteiger partial charge in [0.15, 0.2) is 0 Å². The van der Waals surface area contributed by atoms with E-state index in [0.717, 1.165) is 0 Å². The van der Waals surface area contributed by atoms with Gasteiger partial charge < -0.3 is 4.74 Å². The molecule has 0 bridgehead atoms. The lowest BCUT2D eigenvalue weighted by atomic mass is 9.97. The average Bonchev–Trinajstić information content (AvgIpc) is 2.02. The van der Waals surface area contributed by atoms with Crippen LogP contribution in [0.3, 0.4) is 0 Å². The van der Waals surface area contributed by atoms with Gasteiger partial charge in [0.25, 0.3) is 0 Å². The standard InChI is InChI=1S/C11H18O2/c1-5-6-7-8-9-13-10(12)11(2,3)4/h5-8H,9H2,1-4H3/b6-5+,8-7-. The zero-order valence-electron chi connectivity index (χ0n) is 8.83.